The average molecular weight is 425 g/mol. The summed E-state index contributed by atoms with van der Waals surface area (Å²) in [5, 5.41) is 10.4. The molecule has 1 aliphatic rings. The SMILES string of the molecule is CC(C)=CCCC(C)=CCCC(C)=CCCC1(C)CCc2c(C)c(O)c(C)c(C)c2O1. The molecule has 0 aromatic heterocycles. The summed E-state index contributed by atoms with van der Waals surface area (Å²) in [6, 6.07) is 0. The molecule has 1 aromatic rings. The normalized spacial score (nSPS) is 19.1. The standard InChI is InChI=1S/C29H44O2/c1-20(2)12-9-13-21(3)14-10-15-22(4)16-11-18-29(8)19-17-26-25(7)27(30)23(5)24(6)28(26)31-29/h12,14,16,30H,9-11,13,15,17-19H2,1-8H3. The van der Waals surface area contributed by atoms with E-state index in [2.05, 4.69) is 59.8 Å². The molecule has 2 nitrogen and oxygen atoms in total. The Morgan fingerprint density at radius 1 is 0.871 bits per heavy atom. The highest BCUT2D eigenvalue weighted by Crippen LogP contribution is 2.44. The van der Waals surface area contributed by atoms with E-state index in [1.54, 1.807) is 0 Å². The Morgan fingerprint density at radius 3 is 2.06 bits per heavy atom. The number of allylic oxidation sites excluding steroid dienone is 6. The van der Waals surface area contributed by atoms with Crippen LogP contribution in [0.3, 0.4) is 0 Å². The zero-order chi connectivity index (χ0) is 23.2. The van der Waals surface area contributed by atoms with Crippen LogP contribution in [0.5, 0.6) is 11.5 Å². The van der Waals surface area contributed by atoms with Crippen molar-refractivity contribution in [2.75, 3.05) is 0 Å². The smallest absolute Gasteiger partial charge is 0.127 e. The number of rotatable bonds is 9. The molecule has 2 rings (SSSR count). The van der Waals surface area contributed by atoms with Gasteiger partial charge in [0.05, 0.1) is 0 Å². The van der Waals surface area contributed by atoms with Gasteiger partial charge in [0.25, 0.3) is 0 Å². The van der Waals surface area contributed by atoms with Gasteiger partial charge in [0, 0.05) is 5.56 Å². The molecule has 31 heavy (non-hydrogen) atoms. The van der Waals surface area contributed by atoms with Crippen LogP contribution < -0.4 is 4.74 Å². The van der Waals surface area contributed by atoms with Gasteiger partial charge in [0.15, 0.2) is 0 Å². The third-order valence-electron chi connectivity index (χ3n) is 6.88. The van der Waals surface area contributed by atoms with Gasteiger partial charge in [0.2, 0.25) is 0 Å². The molecular weight excluding hydrogens is 380 g/mol. The summed E-state index contributed by atoms with van der Waals surface area (Å²) in [4.78, 5) is 0. The van der Waals surface area contributed by atoms with Crippen LogP contribution in [0.1, 0.15) is 102 Å². The lowest BCUT2D eigenvalue weighted by Gasteiger charge is -2.38. The van der Waals surface area contributed by atoms with Gasteiger partial charge < -0.3 is 9.84 Å². The molecular formula is C29H44O2. The average Bonchev–Trinajstić information content (AvgIpc) is 2.70. The summed E-state index contributed by atoms with van der Waals surface area (Å²) in [5.41, 5.74) is 8.45. The molecule has 0 radical (unpaired) electrons. The quantitative estimate of drug-likeness (QED) is 0.402. The van der Waals surface area contributed by atoms with Crippen molar-refractivity contribution in [1.82, 2.24) is 0 Å². The van der Waals surface area contributed by atoms with Crippen LogP contribution in [-0.2, 0) is 6.42 Å². The first-order valence-corrected chi connectivity index (χ1v) is 12.0. The van der Waals surface area contributed by atoms with Gasteiger partial charge in [-0.1, -0.05) is 34.9 Å². The topological polar surface area (TPSA) is 29.5 Å². The lowest BCUT2D eigenvalue weighted by atomic mass is 9.85. The molecule has 1 aromatic carbocycles. The maximum Gasteiger partial charge on any atom is 0.127 e. The molecule has 1 N–H and O–H groups in total. The minimum atomic E-state index is -0.133. The van der Waals surface area contributed by atoms with E-state index in [1.807, 2.05) is 13.8 Å². The summed E-state index contributed by atoms with van der Waals surface area (Å²) in [6.07, 6.45) is 15.8. The molecule has 0 amide bonds. The third-order valence-corrected chi connectivity index (χ3v) is 6.88. The zero-order valence-corrected chi connectivity index (χ0v) is 21.2. The minimum Gasteiger partial charge on any atom is -0.507 e. The molecule has 0 aliphatic carbocycles. The first-order chi connectivity index (χ1) is 14.5. The number of ether oxygens (including phenoxy) is 1. The Labute approximate surface area is 191 Å². The van der Waals surface area contributed by atoms with E-state index in [-0.39, 0.29) is 5.60 Å². The maximum atomic E-state index is 10.4. The predicted octanol–water partition coefficient (Wildman–Crippen LogP) is 8.60. The maximum absolute atomic E-state index is 10.4. The van der Waals surface area contributed by atoms with Crippen molar-refractivity contribution in [3.8, 4) is 11.5 Å². The highest BCUT2D eigenvalue weighted by Gasteiger charge is 2.33. The van der Waals surface area contributed by atoms with E-state index in [9.17, 15) is 5.11 Å². The second kappa shape index (κ2) is 11.1. The molecule has 2 heteroatoms. The lowest BCUT2D eigenvalue weighted by Crippen LogP contribution is -2.37. The highest BCUT2D eigenvalue weighted by molar-refractivity contribution is 5.58. The molecule has 0 fully saturated rings. The van der Waals surface area contributed by atoms with Gasteiger partial charge in [0.1, 0.15) is 17.1 Å². The highest BCUT2D eigenvalue weighted by atomic mass is 16.5. The zero-order valence-electron chi connectivity index (χ0n) is 21.2. The number of benzene rings is 1. The van der Waals surface area contributed by atoms with Crippen molar-refractivity contribution in [2.24, 2.45) is 0 Å². The van der Waals surface area contributed by atoms with E-state index < -0.39 is 0 Å². The van der Waals surface area contributed by atoms with Crippen LogP contribution in [-0.4, -0.2) is 10.7 Å². The van der Waals surface area contributed by atoms with Gasteiger partial charge >= 0.3 is 0 Å². The fraction of sp³-hybridized carbons (Fsp3) is 0.586. The fourth-order valence-corrected chi connectivity index (χ4v) is 4.43. The molecule has 172 valence electrons. The molecule has 1 unspecified atom stereocenters. The molecule has 1 atom stereocenters. The van der Waals surface area contributed by atoms with Crippen molar-refractivity contribution in [2.45, 2.75) is 112 Å². The van der Waals surface area contributed by atoms with E-state index in [0.29, 0.717) is 5.75 Å². The summed E-state index contributed by atoms with van der Waals surface area (Å²) in [6.45, 7) is 17.1. The lowest BCUT2D eigenvalue weighted by molar-refractivity contribution is 0.0558. The van der Waals surface area contributed by atoms with Crippen LogP contribution in [0, 0.1) is 20.8 Å². The summed E-state index contributed by atoms with van der Waals surface area (Å²) >= 11 is 0. The summed E-state index contributed by atoms with van der Waals surface area (Å²) in [5.74, 6) is 1.44. The number of hydrogen-bond donors (Lipinski definition) is 1. The number of hydrogen-bond acceptors (Lipinski definition) is 2. The van der Waals surface area contributed by atoms with Gasteiger partial charge in [-0.3, -0.25) is 0 Å². The minimum absolute atomic E-state index is 0.133. The molecule has 0 bridgehead atoms. The van der Waals surface area contributed by atoms with Gasteiger partial charge in [-0.15, -0.1) is 0 Å². The Balaban J connectivity index is 1.88. The van der Waals surface area contributed by atoms with Crippen molar-refractivity contribution >= 4 is 0 Å². The molecule has 1 aliphatic heterocycles. The van der Waals surface area contributed by atoms with Crippen molar-refractivity contribution in [3.63, 3.8) is 0 Å². The van der Waals surface area contributed by atoms with E-state index in [4.69, 9.17) is 4.74 Å². The first kappa shape index (κ1) is 25.3. The monoisotopic (exact) mass is 424 g/mol. The summed E-state index contributed by atoms with van der Waals surface area (Å²) in [7, 11) is 0. The summed E-state index contributed by atoms with van der Waals surface area (Å²) < 4.78 is 6.56. The van der Waals surface area contributed by atoms with Crippen molar-refractivity contribution in [1.29, 1.82) is 0 Å². The van der Waals surface area contributed by atoms with Crippen LogP contribution in [0.15, 0.2) is 34.9 Å². The van der Waals surface area contributed by atoms with E-state index in [1.165, 1.54) is 28.7 Å². The molecule has 0 saturated heterocycles. The van der Waals surface area contributed by atoms with Crippen LogP contribution in [0.4, 0.5) is 0 Å². The van der Waals surface area contributed by atoms with E-state index >= 15 is 0 Å². The van der Waals surface area contributed by atoms with Crippen molar-refractivity contribution in [3.05, 3.63) is 57.2 Å². The predicted molar refractivity (Wildman–Crippen MR) is 134 cm³/mol. The van der Waals surface area contributed by atoms with Crippen LogP contribution >= 0.6 is 0 Å². The number of fused-ring (bicyclic) bond motifs is 1. The second-order valence-electron chi connectivity index (χ2n) is 10.1. The number of phenolic OH excluding ortho intramolecular Hbond substituents is 1. The first-order valence-electron chi connectivity index (χ1n) is 12.0. The number of phenols is 1. The van der Waals surface area contributed by atoms with Crippen molar-refractivity contribution < 1.29 is 9.84 Å². The Kier molecular flexibility index (Phi) is 9.03. The van der Waals surface area contributed by atoms with Gasteiger partial charge in [-0.05, 0) is 123 Å². The Bertz CT molecular complexity index is 865. The molecule has 0 saturated carbocycles. The van der Waals surface area contributed by atoms with Gasteiger partial charge in [-0.2, -0.15) is 0 Å². The molecule has 0 spiro atoms. The van der Waals surface area contributed by atoms with Crippen LogP contribution in [0.25, 0.3) is 0 Å². The second-order valence-corrected chi connectivity index (χ2v) is 10.1. The Morgan fingerprint density at radius 2 is 1.45 bits per heavy atom. The third kappa shape index (κ3) is 7.02. The van der Waals surface area contributed by atoms with Gasteiger partial charge in [-0.25, -0.2) is 0 Å². The van der Waals surface area contributed by atoms with E-state index in [0.717, 1.165) is 67.4 Å². The van der Waals surface area contributed by atoms with Crippen LogP contribution in [0.2, 0.25) is 0 Å². The fourth-order valence-electron chi connectivity index (χ4n) is 4.43. The Hall–Kier alpha value is -1.96. The number of aromatic hydroxyl groups is 1. The largest absolute Gasteiger partial charge is 0.507 e. The molecule has 1 heterocycles.